The molecule has 3 heteroatoms. The molecule has 0 spiro atoms. The highest BCUT2D eigenvalue weighted by molar-refractivity contribution is 6.28. The van der Waals surface area contributed by atoms with Gasteiger partial charge in [0, 0.05) is 32.3 Å². The molecule has 0 saturated heterocycles. The van der Waals surface area contributed by atoms with Gasteiger partial charge in [-0.05, 0) is 236 Å². The van der Waals surface area contributed by atoms with E-state index in [1.54, 1.807) is 0 Å². The molecule has 0 atom stereocenters. The van der Waals surface area contributed by atoms with Gasteiger partial charge in [-0.15, -0.1) is 0 Å². The van der Waals surface area contributed by atoms with E-state index in [4.69, 9.17) is 13.3 Å². The average molecular weight is 1490 g/mol. The van der Waals surface area contributed by atoms with Gasteiger partial charge >= 0.3 is 0 Å². The van der Waals surface area contributed by atoms with E-state index in [2.05, 4.69) is 394 Å². The van der Waals surface area contributed by atoms with Gasteiger partial charge in [0.2, 0.25) is 0 Å². The van der Waals surface area contributed by atoms with Crippen LogP contribution < -0.4 is 0 Å². The second kappa shape index (κ2) is 27.8. The highest BCUT2D eigenvalue weighted by atomic mass is 16.3. The summed E-state index contributed by atoms with van der Waals surface area (Å²) in [6.45, 7) is 0. The molecule has 117 heavy (non-hydrogen) atoms. The van der Waals surface area contributed by atoms with Crippen molar-refractivity contribution in [1.82, 2.24) is 0 Å². The van der Waals surface area contributed by atoms with Crippen LogP contribution in [0.1, 0.15) is 0 Å². The lowest BCUT2D eigenvalue weighted by molar-refractivity contribution is 0.668. The molecule has 3 nitrogen and oxygen atoms in total. The number of fused-ring (bicyclic) bond motifs is 18. The minimum atomic E-state index is 0.918. The molecular weight excluding hydrogens is 1420 g/mol. The summed E-state index contributed by atoms with van der Waals surface area (Å²) < 4.78 is 18.6. The Kier molecular flexibility index (Phi) is 16.0. The molecule has 0 fully saturated rings. The molecule has 0 N–H and O–H groups in total. The second-order valence-corrected chi connectivity index (χ2v) is 30.6. The Labute approximate surface area is 674 Å². The van der Waals surface area contributed by atoms with E-state index in [0.717, 1.165) is 60.4 Å². The summed E-state index contributed by atoms with van der Waals surface area (Å²) in [5.74, 6) is 0. The molecule has 3 aromatic heterocycles. The zero-order valence-corrected chi connectivity index (χ0v) is 63.6. The Morgan fingerprint density at radius 1 is 0.120 bits per heavy atom. The van der Waals surface area contributed by atoms with Crippen molar-refractivity contribution < 1.29 is 13.3 Å². The van der Waals surface area contributed by atoms with E-state index in [1.165, 1.54) is 180 Å². The van der Waals surface area contributed by atoms with Crippen LogP contribution in [0.4, 0.5) is 0 Å². The first-order valence-electron chi connectivity index (χ1n) is 40.2. The van der Waals surface area contributed by atoms with Crippen LogP contribution in [-0.2, 0) is 0 Å². The minimum absolute atomic E-state index is 0.918. The fourth-order valence-electron chi connectivity index (χ4n) is 18.9. The first kappa shape index (κ1) is 67.3. The minimum Gasteiger partial charge on any atom is -0.456 e. The van der Waals surface area contributed by atoms with E-state index in [-0.39, 0.29) is 0 Å². The van der Waals surface area contributed by atoms with Gasteiger partial charge in [-0.1, -0.05) is 364 Å². The van der Waals surface area contributed by atoms with E-state index in [1.807, 2.05) is 30.3 Å². The molecule has 25 aromatic rings. The van der Waals surface area contributed by atoms with Gasteiger partial charge in [-0.25, -0.2) is 0 Å². The third-order valence-electron chi connectivity index (χ3n) is 24.2. The molecule has 0 aliphatic rings. The lowest BCUT2D eigenvalue weighted by atomic mass is 9.84. The second-order valence-electron chi connectivity index (χ2n) is 30.6. The summed E-state index contributed by atoms with van der Waals surface area (Å²) in [6.07, 6.45) is 0. The van der Waals surface area contributed by atoms with E-state index < -0.39 is 0 Å². The average Bonchev–Trinajstić information content (AvgIpc) is 1.64. The quantitative estimate of drug-likeness (QED) is 0.149. The van der Waals surface area contributed by atoms with Crippen LogP contribution in [0, 0.1) is 0 Å². The normalized spacial score (nSPS) is 11.8. The Balaban J connectivity index is 0.000000104. The van der Waals surface area contributed by atoms with Crippen LogP contribution >= 0.6 is 0 Å². The van der Waals surface area contributed by atoms with Crippen LogP contribution in [0.5, 0.6) is 0 Å². The molecule has 0 bridgehead atoms. The van der Waals surface area contributed by atoms with Crippen molar-refractivity contribution in [2.24, 2.45) is 0 Å². The molecule has 0 radical (unpaired) electrons. The maximum Gasteiger partial charge on any atom is 0.136 e. The van der Waals surface area contributed by atoms with Crippen LogP contribution in [0.25, 0.3) is 241 Å². The smallest absolute Gasteiger partial charge is 0.136 e. The molecule has 544 valence electrons. The zero-order chi connectivity index (χ0) is 77.0. The van der Waals surface area contributed by atoms with Crippen molar-refractivity contribution in [3.05, 3.63) is 425 Å². The molecule has 3 heterocycles. The number of rotatable bonds is 7. The van der Waals surface area contributed by atoms with Crippen molar-refractivity contribution in [3.8, 4) is 77.9 Å². The van der Waals surface area contributed by atoms with Crippen LogP contribution in [-0.4, -0.2) is 0 Å². The fourth-order valence-corrected chi connectivity index (χ4v) is 18.9. The Morgan fingerprint density at radius 2 is 0.385 bits per heavy atom. The summed E-state index contributed by atoms with van der Waals surface area (Å²) in [5.41, 5.74) is 23.0. The fraction of sp³-hybridized carbons (Fsp3) is 0. The predicted octanol–water partition coefficient (Wildman–Crippen LogP) is 32.8. The van der Waals surface area contributed by atoms with E-state index >= 15 is 0 Å². The number of hydrogen-bond donors (Lipinski definition) is 0. The van der Waals surface area contributed by atoms with Gasteiger partial charge in [0.1, 0.15) is 33.5 Å². The molecule has 22 aromatic carbocycles. The summed E-state index contributed by atoms with van der Waals surface area (Å²) in [5, 5.41) is 29.6. The van der Waals surface area contributed by atoms with Gasteiger partial charge in [0.15, 0.2) is 0 Å². The Hall–Kier alpha value is -15.4. The molecule has 0 aliphatic heterocycles. The van der Waals surface area contributed by atoms with E-state index in [9.17, 15) is 0 Å². The molecule has 0 unspecified atom stereocenters. The lowest BCUT2D eigenvalue weighted by Gasteiger charge is -2.19. The summed E-state index contributed by atoms with van der Waals surface area (Å²) in [7, 11) is 0. The van der Waals surface area contributed by atoms with Crippen molar-refractivity contribution in [1.29, 1.82) is 0 Å². The van der Waals surface area contributed by atoms with Crippen LogP contribution in [0.2, 0.25) is 0 Å². The Morgan fingerprint density at radius 3 is 0.846 bits per heavy atom. The Bertz CT molecular complexity index is 8160. The number of hydrogen-bond acceptors (Lipinski definition) is 3. The first-order chi connectivity index (χ1) is 58.0. The topological polar surface area (TPSA) is 39.4 Å². The highest BCUT2D eigenvalue weighted by Gasteiger charge is 2.24. The largest absolute Gasteiger partial charge is 0.456 e. The van der Waals surface area contributed by atoms with Crippen molar-refractivity contribution in [2.45, 2.75) is 0 Å². The monoisotopic (exact) mass is 1490 g/mol. The SMILES string of the molecule is c1ccc2c(-c3c4ccccc4c(-c4cccc5oc6ccccc6c45)c4ccccc34)cccc2c1.c1ccc2cc(-c3c4ccccc4c(-c4ccc5oc6ccccc6c5c4)c4ccccc34)ccc2c1.c1ccc2cc(-c3ccc(-c4c5ccccc5c(-c5ccc6oc7ccccc7c6c5)c5ccccc45)cc3)ccc2c1. The van der Waals surface area contributed by atoms with E-state index in [0.29, 0.717) is 0 Å². The van der Waals surface area contributed by atoms with Gasteiger partial charge in [0.05, 0.1) is 0 Å². The summed E-state index contributed by atoms with van der Waals surface area (Å²) in [6, 6.07) is 153. The van der Waals surface area contributed by atoms with Gasteiger partial charge in [-0.2, -0.15) is 0 Å². The number of furan rings is 3. The highest BCUT2D eigenvalue weighted by Crippen LogP contribution is 2.51. The maximum atomic E-state index is 6.28. The maximum absolute atomic E-state index is 6.28. The number of benzene rings is 22. The predicted molar refractivity (Wildman–Crippen MR) is 497 cm³/mol. The summed E-state index contributed by atoms with van der Waals surface area (Å²) in [4.78, 5) is 0. The van der Waals surface area contributed by atoms with Gasteiger partial charge in [-0.3, -0.25) is 0 Å². The third kappa shape index (κ3) is 11.3. The molecule has 0 saturated carbocycles. The third-order valence-corrected chi connectivity index (χ3v) is 24.2. The van der Waals surface area contributed by atoms with Crippen molar-refractivity contribution in [2.75, 3.05) is 0 Å². The van der Waals surface area contributed by atoms with Gasteiger partial charge in [0.25, 0.3) is 0 Å². The standard InChI is InChI=1S/C42H26O.2C36H22O/c1-2-10-30-25-31(22-19-27(30)9-1)28-17-20-29(21-18-28)41-34-12-3-5-14-36(34)42(37-15-6-4-13-35(37)41)32-23-24-40-38(26-32)33-11-7-8-16-39(33)43-40;1-2-13-24-23(11-1)12-9-19-25(24)34-26-14-3-5-16-28(26)35(29-17-6-4-15-27(29)34)31-20-10-22-33-36(31)30-18-7-8-21-32(30)37-33;1-2-10-24-21-25(18-17-23(24)9-1)35-28-12-3-5-14-30(28)36(31-15-6-4-13-29(31)35)26-19-20-34-32(22-26)27-11-7-8-16-33(27)37-34/h1-26H;2*1-22H. The molecule has 0 amide bonds. The van der Waals surface area contributed by atoms with Crippen LogP contribution in [0.3, 0.4) is 0 Å². The zero-order valence-electron chi connectivity index (χ0n) is 63.6. The summed E-state index contributed by atoms with van der Waals surface area (Å²) >= 11 is 0. The molecule has 25 rings (SSSR count). The molecule has 0 aliphatic carbocycles. The van der Waals surface area contributed by atoms with Gasteiger partial charge < -0.3 is 13.3 Å². The lowest BCUT2D eigenvalue weighted by Crippen LogP contribution is -1.92. The van der Waals surface area contributed by atoms with Crippen molar-refractivity contribution in [3.63, 3.8) is 0 Å². The number of para-hydroxylation sites is 3. The first-order valence-corrected chi connectivity index (χ1v) is 40.2. The van der Waals surface area contributed by atoms with Crippen LogP contribution in [0.15, 0.2) is 438 Å². The molecular formula is C114H70O3. The van der Waals surface area contributed by atoms with Crippen molar-refractivity contribution >= 4 is 163 Å².